The number of aliphatic carboxylic acids is 1. The highest BCUT2D eigenvalue weighted by Crippen LogP contribution is 2.43. The summed E-state index contributed by atoms with van der Waals surface area (Å²) >= 11 is 0. The van der Waals surface area contributed by atoms with Gasteiger partial charge in [0, 0.05) is 32.1 Å². The quantitative estimate of drug-likeness (QED) is 0.852. The maximum absolute atomic E-state index is 12.4. The number of carboxylic acid groups (broad SMARTS) is 1. The highest BCUT2D eigenvalue weighted by atomic mass is 16.6. The molecule has 0 spiro atoms. The predicted octanol–water partition coefficient (Wildman–Crippen LogP) is 2.58. The zero-order valence-electron chi connectivity index (χ0n) is 16.4. The molecule has 0 radical (unpaired) electrons. The number of benzene rings is 1. The first-order valence-electron chi connectivity index (χ1n) is 9.28. The van der Waals surface area contributed by atoms with Crippen molar-refractivity contribution in [2.45, 2.75) is 33.0 Å². The minimum Gasteiger partial charge on any atom is -0.481 e. The lowest BCUT2D eigenvalue weighted by molar-refractivity contribution is -0.148. The van der Waals surface area contributed by atoms with Gasteiger partial charge in [0.1, 0.15) is 17.6 Å². The van der Waals surface area contributed by atoms with Gasteiger partial charge in [-0.1, -0.05) is 30.3 Å². The summed E-state index contributed by atoms with van der Waals surface area (Å²) in [6.07, 6.45) is -1.07. The van der Waals surface area contributed by atoms with Crippen LogP contribution in [0.3, 0.4) is 0 Å². The van der Waals surface area contributed by atoms with E-state index in [0.29, 0.717) is 0 Å². The van der Waals surface area contributed by atoms with E-state index in [0.717, 1.165) is 5.56 Å². The molecule has 28 heavy (non-hydrogen) atoms. The molecule has 2 heterocycles. The summed E-state index contributed by atoms with van der Waals surface area (Å²) in [5.41, 5.74) is -0.986. The zero-order valence-corrected chi connectivity index (χ0v) is 16.4. The van der Waals surface area contributed by atoms with Crippen molar-refractivity contribution in [1.82, 2.24) is 9.80 Å². The van der Waals surface area contributed by atoms with Crippen LogP contribution in [-0.4, -0.2) is 64.8 Å². The summed E-state index contributed by atoms with van der Waals surface area (Å²) in [6.45, 7) is 5.93. The lowest BCUT2D eigenvalue weighted by atomic mass is 9.81. The minimum absolute atomic E-state index is 0.0138. The summed E-state index contributed by atoms with van der Waals surface area (Å²) in [5.74, 6) is -1.37. The number of carbonyl (C=O) groups is 3. The molecule has 8 heteroatoms. The largest absolute Gasteiger partial charge is 0.481 e. The monoisotopic (exact) mass is 390 g/mol. The molecule has 2 aliphatic heterocycles. The van der Waals surface area contributed by atoms with E-state index < -0.39 is 29.2 Å². The Hall–Kier alpha value is -2.77. The number of carbonyl (C=O) groups excluding carboxylic acids is 2. The molecule has 0 unspecified atom stereocenters. The molecule has 152 valence electrons. The van der Waals surface area contributed by atoms with Gasteiger partial charge in [-0.05, 0) is 26.3 Å². The summed E-state index contributed by atoms with van der Waals surface area (Å²) in [6, 6.07) is 9.29. The van der Waals surface area contributed by atoms with Gasteiger partial charge in [-0.3, -0.25) is 4.79 Å². The summed E-state index contributed by atoms with van der Waals surface area (Å²) in [7, 11) is 0. The van der Waals surface area contributed by atoms with Crippen LogP contribution in [0.4, 0.5) is 9.59 Å². The van der Waals surface area contributed by atoms with Crippen LogP contribution < -0.4 is 0 Å². The van der Waals surface area contributed by atoms with Crippen molar-refractivity contribution in [1.29, 1.82) is 0 Å². The standard InChI is InChI=1S/C20H26N2O6/c1-19(2,3)28-18(26)22-10-15-9-21(12-20(15,13-22)16(23)24)17(25)27-11-14-7-5-4-6-8-14/h4-8,15H,9-13H2,1-3H3,(H,23,24)/t15-,20-/m0/s1. The van der Waals surface area contributed by atoms with Crippen LogP contribution in [0.5, 0.6) is 0 Å². The molecule has 2 atom stereocenters. The van der Waals surface area contributed by atoms with Crippen molar-refractivity contribution in [2.24, 2.45) is 11.3 Å². The number of hydrogen-bond acceptors (Lipinski definition) is 5. The van der Waals surface area contributed by atoms with Gasteiger partial charge in [0.05, 0.1) is 0 Å². The number of ether oxygens (including phenoxy) is 2. The molecule has 0 bridgehead atoms. The number of amides is 2. The highest BCUT2D eigenvalue weighted by molar-refractivity contribution is 5.81. The lowest BCUT2D eigenvalue weighted by Crippen LogP contribution is -2.44. The smallest absolute Gasteiger partial charge is 0.410 e. The molecule has 1 aromatic rings. The third kappa shape index (κ3) is 4.05. The Bertz CT molecular complexity index is 760. The van der Waals surface area contributed by atoms with Crippen molar-refractivity contribution in [3.05, 3.63) is 35.9 Å². The summed E-state index contributed by atoms with van der Waals surface area (Å²) < 4.78 is 10.7. The van der Waals surface area contributed by atoms with E-state index in [-0.39, 0.29) is 38.7 Å². The number of hydrogen-bond donors (Lipinski definition) is 1. The molecular weight excluding hydrogens is 364 g/mol. The number of likely N-dealkylation sites (tertiary alicyclic amines) is 2. The van der Waals surface area contributed by atoms with Gasteiger partial charge < -0.3 is 24.4 Å². The third-order valence-corrected chi connectivity index (χ3v) is 5.15. The van der Waals surface area contributed by atoms with E-state index in [2.05, 4.69) is 0 Å². The Morgan fingerprint density at radius 3 is 2.14 bits per heavy atom. The Morgan fingerprint density at radius 2 is 1.64 bits per heavy atom. The van der Waals surface area contributed by atoms with E-state index >= 15 is 0 Å². The average Bonchev–Trinajstić information content (AvgIpc) is 3.15. The van der Waals surface area contributed by atoms with E-state index in [1.807, 2.05) is 30.3 Å². The van der Waals surface area contributed by atoms with Gasteiger partial charge in [-0.25, -0.2) is 9.59 Å². The van der Waals surface area contributed by atoms with Crippen LogP contribution in [0.1, 0.15) is 26.3 Å². The maximum atomic E-state index is 12.4. The van der Waals surface area contributed by atoms with E-state index in [9.17, 15) is 19.5 Å². The normalized spacial score (nSPS) is 24.0. The SMILES string of the molecule is CC(C)(C)OC(=O)N1C[C@@H]2CN(C(=O)OCc3ccccc3)C[C@]2(C(=O)O)C1. The van der Waals surface area contributed by atoms with E-state index in [4.69, 9.17) is 9.47 Å². The van der Waals surface area contributed by atoms with Crippen LogP contribution in [0.15, 0.2) is 30.3 Å². The molecule has 2 saturated heterocycles. The second-order valence-corrected chi connectivity index (χ2v) is 8.44. The van der Waals surface area contributed by atoms with Crippen molar-refractivity contribution < 1.29 is 29.0 Å². The summed E-state index contributed by atoms with van der Waals surface area (Å²) in [5, 5.41) is 9.86. The highest BCUT2D eigenvalue weighted by Gasteiger charge is 2.60. The number of carboxylic acids is 1. The lowest BCUT2D eigenvalue weighted by Gasteiger charge is -2.27. The van der Waals surface area contributed by atoms with Crippen LogP contribution in [-0.2, 0) is 20.9 Å². The zero-order chi connectivity index (χ0) is 20.5. The number of nitrogens with zero attached hydrogens (tertiary/aromatic N) is 2. The average molecular weight is 390 g/mol. The van der Waals surface area contributed by atoms with Gasteiger partial charge in [0.15, 0.2) is 0 Å². The van der Waals surface area contributed by atoms with Crippen LogP contribution in [0.25, 0.3) is 0 Å². The van der Waals surface area contributed by atoms with Crippen molar-refractivity contribution >= 4 is 18.2 Å². The summed E-state index contributed by atoms with van der Waals surface area (Å²) in [4.78, 5) is 39.7. The first kappa shape index (κ1) is 20.0. The van der Waals surface area contributed by atoms with Gasteiger partial charge >= 0.3 is 18.2 Å². The molecule has 2 amide bonds. The van der Waals surface area contributed by atoms with Gasteiger partial charge in [0.25, 0.3) is 0 Å². The molecule has 2 aliphatic rings. The Balaban J connectivity index is 1.63. The molecule has 0 aliphatic carbocycles. The number of fused-ring (bicyclic) bond motifs is 1. The fraction of sp³-hybridized carbons (Fsp3) is 0.550. The minimum atomic E-state index is -1.19. The Morgan fingerprint density at radius 1 is 1.07 bits per heavy atom. The van der Waals surface area contributed by atoms with Gasteiger partial charge in [-0.2, -0.15) is 0 Å². The second kappa shape index (κ2) is 7.33. The molecule has 1 N–H and O–H groups in total. The second-order valence-electron chi connectivity index (χ2n) is 8.44. The third-order valence-electron chi connectivity index (χ3n) is 5.15. The first-order valence-corrected chi connectivity index (χ1v) is 9.28. The van der Waals surface area contributed by atoms with Gasteiger partial charge in [-0.15, -0.1) is 0 Å². The van der Waals surface area contributed by atoms with Crippen LogP contribution in [0.2, 0.25) is 0 Å². The van der Waals surface area contributed by atoms with Crippen molar-refractivity contribution in [3.8, 4) is 0 Å². The Labute approximate surface area is 164 Å². The molecule has 8 nitrogen and oxygen atoms in total. The maximum Gasteiger partial charge on any atom is 0.410 e. The topological polar surface area (TPSA) is 96.4 Å². The van der Waals surface area contributed by atoms with Gasteiger partial charge in [0.2, 0.25) is 0 Å². The predicted molar refractivity (Wildman–Crippen MR) is 99.6 cm³/mol. The molecule has 1 aromatic carbocycles. The fourth-order valence-corrected chi connectivity index (χ4v) is 3.78. The van der Waals surface area contributed by atoms with Crippen molar-refractivity contribution in [3.63, 3.8) is 0 Å². The molecular formula is C20H26N2O6. The first-order chi connectivity index (χ1) is 13.1. The molecule has 0 aromatic heterocycles. The fourth-order valence-electron chi connectivity index (χ4n) is 3.78. The number of rotatable bonds is 3. The van der Waals surface area contributed by atoms with Crippen LogP contribution in [0, 0.1) is 11.3 Å². The van der Waals surface area contributed by atoms with Crippen LogP contribution >= 0.6 is 0 Å². The molecule has 0 saturated carbocycles. The van der Waals surface area contributed by atoms with E-state index in [1.54, 1.807) is 20.8 Å². The van der Waals surface area contributed by atoms with Crippen molar-refractivity contribution in [2.75, 3.05) is 26.2 Å². The molecule has 2 fully saturated rings. The Kier molecular flexibility index (Phi) is 5.23. The van der Waals surface area contributed by atoms with E-state index in [1.165, 1.54) is 9.80 Å². The molecule has 3 rings (SSSR count).